The van der Waals surface area contributed by atoms with E-state index in [9.17, 15) is 18.5 Å². The number of nitro benzene ring substituents is 1. The molecule has 8 heteroatoms. The molecule has 1 aromatic rings. The predicted octanol–water partition coefficient (Wildman–Crippen LogP) is 2.10. The molecule has 1 aromatic carbocycles. The van der Waals surface area contributed by atoms with Gasteiger partial charge in [0.2, 0.25) is 10.0 Å². The molecule has 0 heterocycles. The molecular formula is C13H19N3O4S. The van der Waals surface area contributed by atoms with Gasteiger partial charge in [-0.3, -0.25) is 10.1 Å². The number of nitrogens with one attached hydrogen (secondary N) is 2. The Labute approximate surface area is 123 Å². The topological polar surface area (TPSA) is 101 Å². The summed E-state index contributed by atoms with van der Waals surface area (Å²) in [6.07, 6.45) is 3.20. The van der Waals surface area contributed by atoms with Crippen LogP contribution in [0.25, 0.3) is 0 Å². The first kappa shape index (κ1) is 15.7. The Bertz CT molecular complexity index is 641. The Hall–Kier alpha value is -1.67. The SMILES string of the molecule is CNc1cc([N+](=O)[O-])ccc1S(=O)(=O)NC(C)C1CCC1. The molecule has 1 atom stereocenters. The first-order valence-electron chi connectivity index (χ1n) is 6.83. The fraction of sp³-hybridized carbons (Fsp3) is 0.538. The van der Waals surface area contributed by atoms with Gasteiger partial charge in [-0.05, 0) is 31.7 Å². The number of anilines is 1. The van der Waals surface area contributed by atoms with Crippen molar-refractivity contribution in [2.45, 2.75) is 37.1 Å². The maximum Gasteiger partial charge on any atom is 0.271 e. The van der Waals surface area contributed by atoms with E-state index in [-0.39, 0.29) is 22.3 Å². The van der Waals surface area contributed by atoms with Crippen molar-refractivity contribution in [3.63, 3.8) is 0 Å². The highest BCUT2D eigenvalue weighted by Crippen LogP contribution is 2.31. The van der Waals surface area contributed by atoms with Crippen LogP contribution in [0, 0.1) is 16.0 Å². The van der Waals surface area contributed by atoms with Gasteiger partial charge in [-0.2, -0.15) is 0 Å². The van der Waals surface area contributed by atoms with Crippen LogP contribution in [-0.4, -0.2) is 26.4 Å². The minimum atomic E-state index is -3.70. The molecule has 1 saturated carbocycles. The average molecular weight is 313 g/mol. The quantitative estimate of drug-likeness (QED) is 0.618. The monoisotopic (exact) mass is 313 g/mol. The third kappa shape index (κ3) is 3.33. The molecule has 7 nitrogen and oxygen atoms in total. The highest BCUT2D eigenvalue weighted by atomic mass is 32.2. The van der Waals surface area contributed by atoms with Crippen molar-refractivity contribution in [2.24, 2.45) is 5.92 Å². The van der Waals surface area contributed by atoms with Crippen LogP contribution in [-0.2, 0) is 10.0 Å². The van der Waals surface area contributed by atoms with Gasteiger partial charge in [-0.1, -0.05) is 6.42 Å². The summed E-state index contributed by atoms with van der Waals surface area (Å²) in [7, 11) is -2.17. The molecule has 2 rings (SSSR count). The standard InChI is InChI=1S/C13H19N3O4S/c1-9(10-4-3-5-10)15-21(19,20)13-7-6-11(16(17)18)8-12(13)14-2/h6-10,14-15H,3-5H2,1-2H3. The van der Waals surface area contributed by atoms with Gasteiger partial charge in [0.15, 0.2) is 0 Å². The van der Waals surface area contributed by atoms with Gasteiger partial charge in [-0.15, -0.1) is 0 Å². The minimum absolute atomic E-state index is 0.0294. The first-order valence-corrected chi connectivity index (χ1v) is 8.32. The number of hydrogen-bond acceptors (Lipinski definition) is 5. The third-order valence-corrected chi connectivity index (χ3v) is 5.55. The molecule has 21 heavy (non-hydrogen) atoms. The van der Waals surface area contributed by atoms with Crippen molar-refractivity contribution in [3.05, 3.63) is 28.3 Å². The first-order chi connectivity index (χ1) is 9.85. The third-order valence-electron chi connectivity index (χ3n) is 3.93. The zero-order valence-corrected chi connectivity index (χ0v) is 12.8. The summed E-state index contributed by atoms with van der Waals surface area (Å²) in [5.41, 5.74) is 0.0721. The van der Waals surface area contributed by atoms with Crippen LogP contribution >= 0.6 is 0 Å². The fourth-order valence-corrected chi connectivity index (χ4v) is 3.91. The van der Waals surface area contributed by atoms with Gasteiger partial charge in [0.1, 0.15) is 4.90 Å². The lowest BCUT2D eigenvalue weighted by Crippen LogP contribution is -2.40. The minimum Gasteiger partial charge on any atom is -0.387 e. The average Bonchev–Trinajstić information content (AvgIpc) is 2.34. The number of nitrogens with zero attached hydrogens (tertiary/aromatic N) is 1. The Morgan fingerprint density at radius 1 is 1.38 bits per heavy atom. The van der Waals surface area contributed by atoms with Crippen molar-refractivity contribution in [1.29, 1.82) is 0 Å². The van der Waals surface area contributed by atoms with Gasteiger partial charge in [0.25, 0.3) is 5.69 Å². The summed E-state index contributed by atoms with van der Waals surface area (Å²) in [5, 5.41) is 13.5. The second kappa shape index (κ2) is 5.98. The maximum atomic E-state index is 12.4. The van der Waals surface area contributed by atoms with E-state index < -0.39 is 14.9 Å². The van der Waals surface area contributed by atoms with Gasteiger partial charge < -0.3 is 5.32 Å². The smallest absolute Gasteiger partial charge is 0.271 e. The van der Waals surface area contributed by atoms with Crippen LogP contribution in [0.3, 0.4) is 0 Å². The summed E-state index contributed by atoms with van der Waals surface area (Å²) in [4.78, 5) is 10.2. The fourth-order valence-electron chi connectivity index (χ4n) is 2.41. The molecule has 0 aromatic heterocycles. The summed E-state index contributed by atoms with van der Waals surface area (Å²) in [5.74, 6) is 0.371. The molecule has 0 amide bonds. The van der Waals surface area contributed by atoms with Crippen molar-refractivity contribution >= 4 is 21.4 Å². The zero-order valence-electron chi connectivity index (χ0n) is 12.0. The normalized spacial score (nSPS) is 17.0. The van der Waals surface area contributed by atoms with E-state index in [1.807, 2.05) is 6.92 Å². The van der Waals surface area contributed by atoms with Crippen LogP contribution in [0.15, 0.2) is 23.1 Å². The number of sulfonamides is 1. The predicted molar refractivity (Wildman–Crippen MR) is 79.8 cm³/mol. The zero-order chi connectivity index (χ0) is 15.6. The summed E-state index contributed by atoms with van der Waals surface area (Å²) < 4.78 is 27.5. The molecule has 2 N–H and O–H groups in total. The second-order valence-electron chi connectivity index (χ2n) is 5.29. The summed E-state index contributed by atoms with van der Waals surface area (Å²) in [6, 6.07) is 3.55. The number of non-ortho nitro benzene ring substituents is 1. The Morgan fingerprint density at radius 2 is 2.05 bits per heavy atom. The molecule has 1 unspecified atom stereocenters. The number of benzene rings is 1. The molecule has 1 aliphatic carbocycles. The van der Waals surface area contributed by atoms with Gasteiger partial charge >= 0.3 is 0 Å². The lowest BCUT2D eigenvalue weighted by atomic mass is 9.81. The molecule has 0 spiro atoms. The van der Waals surface area contributed by atoms with E-state index in [1.54, 1.807) is 0 Å². The van der Waals surface area contributed by atoms with E-state index in [2.05, 4.69) is 10.0 Å². The molecule has 0 aliphatic heterocycles. The lowest BCUT2D eigenvalue weighted by Gasteiger charge is -2.31. The van der Waals surface area contributed by atoms with Gasteiger partial charge in [-0.25, -0.2) is 13.1 Å². The van der Waals surface area contributed by atoms with E-state index in [4.69, 9.17) is 0 Å². The van der Waals surface area contributed by atoms with Gasteiger partial charge in [0, 0.05) is 25.2 Å². The van der Waals surface area contributed by atoms with E-state index in [0.717, 1.165) is 19.3 Å². The molecular weight excluding hydrogens is 294 g/mol. The van der Waals surface area contributed by atoms with Gasteiger partial charge in [0.05, 0.1) is 10.6 Å². The molecule has 1 aliphatic rings. The lowest BCUT2D eigenvalue weighted by molar-refractivity contribution is -0.384. The molecule has 1 fully saturated rings. The van der Waals surface area contributed by atoms with Crippen LogP contribution in [0.5, 0.6) is 0 Å². The Balaban J connectivity index is 2.28. The van der Waals surface area contributed by atoms with Crippen LogP contribution in [0.4, 0.5) is 11.4 Å². The largest absolute Gasteiger partial charge is 0.387 e. The van der Waals surface area contributed by atoms with Crippen LogP contribution < -0.4 is 10.0 Å². The number of nitro groups is 1. The summed E-state index contributed by atoms with van der Waals surface area (Å²) in [6.45, 7) is 1.85. The van der Waals surface area contributed by atoms with Crippen molar-refractivity contribution in [3.8, 4) is 0 Å². The Morgan fingerprint density at radius 3 is 2.52 bits per heavy atom. The number of rotatable bonds is 6. The highest BCUT2D eigenvalue weighted by molar-refractivity contribution is 7.89. The van der Waals surface area contributed by atoms with Crippen LogP contribution in [0.1, 0.15) is 26.2 Å². The highest BCUT2D eigenvalue weighted by Gasteiger charge is 2.29. The van der Waals surface area contributed by atoms with Crippen molar-refractivity contribution in [1.82, 2.24) is 4.72 Å². The van der Waals surface area contributed by atoms with Crippen molar-refractivity contribution in [2.75, 3.05) is 12.4 Å². The summed E-state index contributed by atoms with van der Waals surface area (Å²) >= 11 is 0. The number of hydrogen-bond donors (Lipinski definition) is 2. The maximum absolute atomic E-state index is 12.4. The van der Waals surface area contributed by atoms with E-state index in [1.165, 1.54) is 25.2 Å². The molecule has 116 valence electrons. The Kier molecular flexibility index (Phi) is 4.48. The molecule has 0 saturated heterocycles. The second-order valence-corrected chi connectivity index (χ2v) is 6.97. The van der Waals surface area contributed by atoms with E-state index >= 15 is 0 Å². The van der Waals surface area contributed by atoms with Crippen molar-refractivity contribution < 1.29 is 13.3 Å². The molecule has 0 radical (unpaired) electrons. The molecule has 0 bridgehead atoms. The van der Waals surface area contributed by atoms with E-state index in [0.29, 0.717) is 5.92 Å². The van der Waals surface area contributed by atoms with Crippen LogP contribution in [0.2, 0.25) is 0 Å².